The van der Waals surface area contributed by atoms with Gasteiger partial charge in [0.25, 0.3) is 0 Å². The third-order valence-electron chi connectivity index (χ3n) is 2.25. The predicted octanol–water partition coefficient (Wildman–Crippen LogP) is 0.854. The molecule has 0 spiro atoms. The van der Waals surface area contributed by atoms with Crippen molar-refractivity contribution in [2.75, 3.05) is 25.2 Å². The fourth-order valence-corrected chi connectivity index (χ4v) is 1.60. The van der Waals surface area contributed by atoms with Crippen LogP contribution in [-0.4, -0.2) is 35.8 Å². The minimum Gasteiger partial charge on any atom is -0.396 e. The first kappa shape index (κ1) is 9.36. The van der Waals surface area contributed by atoms with Gasteiger partial charge in [0.15, 0.2) is 0 Å². The van der Waals surface area contributed by atoms with Crippen LogP contribution in [0.4, 0.5) is 0 Å². The van der Waals surface area contributed by atoms with Crippen molar-refractivity contribution in [3.05, 3.63) is 0 Å². The van der Waals surface area contributed by atoms with E-state index in [4.69, 9.17) is 5.11 Å². The zero-order chi connectivity index (χ0) is 8.16. The summed E-state index contributed by atoms with van der Waals surface area (Å²) in [6, 6.07) is 0. The lowest BCUT2D eigenvalue weighted by atomic mass is 10.2. The van der Waals surface area contributed by atoms with Crippen molar-refractivity contribution >= 4 is 11.8 Å². The molecule has 66 valence electrons. The zero-order valence-corrected chi connectivity index (χ0v) is 7.91. The van der Waals surface area contributed by atoms with Crippen LogP contribution in [0.2, 0.25) is 0 Å². The minimum absolute atomic E-state index is 0.326. The van der Waals surface area contributed by atoms with E-state index in [-0.39, 0.29) is 0 Å². The lowest BCUT2D eigenvalue weighted by Gasteiger charge is -2.14. The number of rotatable bonds is 6. The fourth-order valence-electron chi connectivity index (χ4n) is 1.30. The van der Waals surface area contributed by atoms with E-state index in [9.17, 15) is 0 Å². The van der Waals surface area contributed by atoms with Crippen LogP contribution in [-0.2, 0) is 0 Å². The summed E-state index contributed by atoms with van der Waals surface area (Å²) >= 11 is 1.86. The lowest BCUT2D eigenvalue weighted by Crippen LogP contribution is -2.33. The number of hydrogen-bond donors (Lipinski definition) is 2. The highest BCUT2D eigenvalue weighted by Crippen LogP contribution is 2.38. The molecule has 0 heterocycles. The van der Waals surface area contributed by atoms with E-state index in [1.165, 1.54) is 18.6 Å². The number of aliphatic hydroxyl groups excluding tert-OH is 1. The van der Waals surface area contributed by atoms with Crippen LogP contribution in [0, 0.1) is 0 Å². The van der Waals surface area contributed by atoms with Gasteiger partial charge < -0.3 is 10.4 Å². The summed E-state index contributed by atoms with van der Waals surface area (Å²) in [7, 11) is 0. The van der Waals surface area contributed by atoms with Crippen LogP contribution in [0.3, 0.4) is 0 Å². The number of aliphatic hydroxyl groups is 1. The Bertz CT molecular complexity index is 115. The van der Waals surface area contributed by atoms with E-state index >= 15 is 0 Å². The average Bonchev–Trinajstić information content (AvgIpc) is 2.71. The maximum Gasteiger partial charge on any atom is 0.0448 e. The second-order valence-corrected chi connectivity index (χ2v) is 4.16. The van der Waals surface area contributed by atoms with Gasteiger partial charge in [0.05, 0.1) is 0 Å². The molecule has 0 aromatic carbocycles. The first-order valence-electron chi connectivity index (χ1n) is 4.18. The monoisotopic (exact) mass is 175 g/mol. The molecule has 0 amide bonds. The summed E-state index contributed by atoms with van der Waals surface area (Å²) in [6.07, 6.45) is 5.55. The summed E-state index contributed by atoms with van der Waals surface area (Å²) in [5.41, 5.74) is 0.338. The van der Waals surface area contributed by atoms with Crippen molar-refractivity contribution in [3.63, 3.8) is 0 Å². The van der Waals surface area contributed by atoms with Crippen molar-refractivity contribution in [2.24, 2.45) is 0 Å². The second-order valence-electron chi connectivity index (χ2n) is 3.17. The van der Waals surface area contributed by atoms with Crippen LogP contribution < -0.4 is 5.32 Å². The van der Waals surface area contributed by atoms with Crippen LogP contribution in [0.1, 0.15) is 19.3 Å². The molecule has 0 saturated heterocycles. The molecule has 1 rings (SSSR count). The Morgan fingerprint density at radius 1 is 1.55 bits per heavy atom. The fraction of sp³-hybridized carbons (Fsp3) is 1.00. The summed E-state index contributed by atoms with van der Waals surface area (Å²) < 4.78 is 0. The van der Waals surface area contributed by atoms with Gasteiger partial charge in [-0.2, -0.15) is 11.8 Å². The van der Waals surface area contributed by atoms with Gasteiger partial charge in [0.1, 0.15) is 0 Å². The van der Waals surface area contributed by atoms with E-state index in [1.807, 2.05) is 11.8 Å². The molecule has 1 saturated carbocycles. The summed E-state index contributed by atoms with van der Waals surface area (Å²) in [4.78, 5) is 0. The van der Waals surface area contributed by atoms with Gasteiger partial charge in [-0.3, -0.25) is 0 Å². The van der Waals surface area contributed by atoms with Crippen LogP contribution in [0.25, 0.3) is 0 Å². The smallest absolute Gasteiger partial charge is 0.0448 e. The van der Waals surface area contributed by atoms with E-state index in [1.54, 1.807) is 0 Å². The zero-order valence-electron chi connectivity index (χ0n) is 7.10. The van der Waals surface area contributed by atoms with Crippen molar-refractivity contribution < 1.29 is 5.11 Å². The second kappa shape index (κ2) is 4.33. The quantitative estimate of drug-likeness (QED) is 0.587. The van der Waals surface area contributed by atoms with Gasteiger partial charge in [-0.15, -0.1) is 0 Å². The van der Waals surface area contributed by atoms with Crippen molar-refractivity contribution in [2.45, 2.75) is 24.8 Å². The molecule has 1 aliphatic rings. The molecule has 0 atom stereocenters. The first-order chi connectivity index (χ1) is 5.33. The number of hydrogen-bond acceptors (Lipinski definition) is 3. The highest BCUT2D eigenvalue weighted by Gasteiger charge is 2.40. The lowest BCUT2D eigenvalue weighted by molar-refractivity contribution is 0.259. The Labute approximate surface area is 72.8 Å². The SMILES string of the molecule is CSCCNC1(CCO)CC1. The normalized spacial score (nSPS) is 20.2. The molecule has 11 heavy (non-hydrogen) atoms. The Morgan fingerprint density at radius 2 is 2.27 bits per heavy atom. The molecule has 0 unspecified atom stereocenters. The van der Waals surface area contributed by atoms with Crippen molar-refractivity contribution in [1.29, 1.82) is 0 Å². The highest BCUT2D eigenvalue weighted by molar-refractivity contribution is 7.98. The molecule has 0 aromatic heterocycles. The number of thioether (sulfide) groups is 1. The Hall–Kier alpha value is 0.270. The standard InChI is InChI=1S/C8H17NOS/c1-11-7-5-9-8(2-3-8)4-6-10/h9-10H,2-7H2,1H3. The molecule has 2 nitrogen and oxygen atoms in total. The molecule has 0 aromatic rings. The van der Waals surface area contributed by atoms with E-state index in [0.29, 0.717) is 12.1 Å². The molecular weight excluding hydrogens is 158 g/mol. The van der Waals surface area contributed by atoms with Crippen molar-refractivity contribution in [1.82, 2.24) is 5.32 Å². The molecule has 0 aliphatic heterocycles. The number of nitrogens with one attached hydrogen (secondary N) is 1. The highest BCUT2D eigenvalue weighted by atomic mass is 32.2. The largest absolute Gasteiger partial charge is 0.396 e. The molecule has 0 bridgehead atoms. The summed E-state index contributed by atoms with van der Waals surface area (Å²) in [6.45, 7) is 1.41. The minimum atomic E-state index is 0.326. The molecule has 1 aliphatic carbocycles. The van der Waals surface area contributed by atoms with Gasteiger partial charge in [-0.05, 0) is 25.5 Å². The average molecular weight is 175 g/mol. The summed E-state index contributed by atoms with van der Waals surface area (Å²) in [5, 5.41) is 12.2. The van der Waals surface area contributed by atoms with Gasteiger partial charge in [0, 0.05) is 24.4 Å². The van der Waals surface area contributed by atoms with Crippen molar-refractivity contribution in [3.8, 4) is 0 Å². The molecular formula is C8H17NOS. The predicted molar refractivity (Wildman–Crippen MR) is 50.1 cm³/mol. The van der Waals surface area contributed by atoms with Crippen LogP contribution in [0.5, 0.6) is 0 Å². The third-order valence-corrected chi connectivity index (χ3v) is 2.86. The molecule has 3 heteroatoms. The van der Waals surface area contributed by atoms with E-state index in [0.717, 1.165) is 13.0 Å². The van der Waals surface area contributed by atoms with Gasteiger partial charge in [-0.25, -0.2) is 0 Å². The Kier molecular flexibility index (Phi) is 3.69. The molecule has 2 N–H and O–H groups in total. The van der Waals surface area contributed by atoms with Crippen LogP contribution >= 0.6 is 11.8 Å². The third kappa shape index (κ3) is 3.01. The summed E-state index contributed by atoms with van der Waals surface area (Å²) in [5.74, 6) is 1.17. The van der Waals surface area contributed by atoms with E-state index < -0.39 is 0 Å². The van der Waals surface area contributed by atoms with E-state index in [2.05, 4.69) is 11.6 Å². The first-order valence-corrected chi connectivity index (χ1v) is 5.57. The van der Waals surface area contributed by atoms with Gasteiger partial charge >= 0.3 is 0 Å². The van der Waals surface area contributed by atoms with Crippen LogP contribution in [0.15, 0.2) is 0 Å². The molecule has 1 fully saturated rings. The topological polar surface area (TPSA) is 32.3 Å². The molecule has 0 radical (unpaired) electrons. The Morgan fingerprint density at radius 3 is 2.73 bits per heavy atom. The maximum atomic E-state index is 8.75. The van der Waals surface area contributed by atoms with Gasteiger partial charge in [-0.1, -0.05) is 0 Å². The maximum absolute atomic E-state index is 8.75. The van der Waals surface area contributed by atoms with Gasteiger partial charge in [0.2, 0.25) is 0 Å². The Balaban J connectivity index is 2.04.